The Labute approximate surface area is 213 Å². The smallest absolute Gasteiger partial charge is 0.311 e. The van der Waals surface area contributed by atoms with E-state index in [0.29, 0.717) is 18.0 Å². The highest BCUT2D eigenvalue weighted by Gasteiger charge is 2.16. The van der Waals surface area contributed by atoms with Gasteiger partial charge in [0.15, 0.2) is 5.82 Å². The zero-order chi connectivity index (χ0) is 23.8. The second kappa shape index (κ2) is 16.2. The van der Waals surface area contributed by atoms with E-state index < -0.39 is 0 Å². The number of carbonyl (C=O) groups excluding carboxylic acids is 1. The van der Waals surface area contributed by atoms with Gasteiger partial charge in [0.1, 0.15) is 5.75 Å². The molecule has 0 amide bonds. The van der Waals surface area contributed by atoms with E-state index >= 15 is 0 Å². The van der Waals surface area contributed by atoms with Gasteiger partial charge in [-0.25, -0.2) is 9.97 Å². The van der Waals surface area contributed by atoms with Crippen LogP contribution in [0.15, 0.2) is 36.7 Å². The molecule has 1 aromatic heterocycles. The monoisotopic (exact) mass is 500 g/mol. The molecule has 1 aromatic carbocycles. The van der Waals surface area contributed by atoms with Gasteiger partial charge in [-0.3, -0.25) is 4.79 Å². The van der Waals surface area contributed by atoms with Gasteiger partial charge in [0.05, 0.1) is 0 Å². The molecular weight excluding hydrogens is 460 g/mol. The van der Waals surface area contributed by atoms with Crippen molar-refractivity contribution in [2.24, 2.45) is 0 Å². The quantitative estimate of drug-likeness (QED) is 0.0997. The molecule has 0 radical (unpaired) electrons. The number of hydrogen-bond acceptors (Lipinski definition) is 6. The van der Waals surface area contributed by atoms with Crippen LogP contribution in [0.1, 0.15) is 96.0 Å². The number of rotatable bonds is 16. The van der Waals surface area contributed by atoms with Crippen LogP contribution in [0.3, 0.4) is 0 Å². The number of carbonyl (C=O) groups is 1. The van der Waals surface area contributed by atoms with Crippen molar-refractivity contribution in [1.29, 1.82) is 0 Å². The summed E-state index contributed by atoms with van der Waals surface area (Å²) in [5.74, 6) is 2.41. The third-order valence-electron chi connectivity index (χ3n) is 6.25. The number of nitrogens with zero attached hydrogens (tertiary/aromatic N) is 2. The molecule has 0 bridgehead atoms. The van der Waals surface area contributed by atoms with Crippen LogP contribution in [0.25, 0.3) is 11.4 Å². The van der Waals surface area contributed by atoms with Gasteiger partial charge in [0, 0.05) is 35.4 Å². The maximum Gasteiger partial charge on any atom is 0.311 e. The summed E-state index contributed by atoms with van der Waals surface area (Å²) in [4.78, 5) is 21.2. The van der Waals surface area contributed by atoms with E-state index in [0.717, 1.165) is 30.1 Å². The highest BCUT2D eigenvalue weighted by atomic mass is 33.1. The molecule has 0 aliphatic carbocycles. The molecule has 1 saturated heterocycles. The van der Waals surface area contributed by atoms with Gasteiger partial charge in [-0.2, -0.15) is 0 Å². The van der Waals surface area contributed by atoms with Crippen LogP contribution in [-0.4, -0.2) is 26.9 Å². The molecule has 1 unspecified atom stereocenters. The highest BCUT2D eigenvalue weighted by Crippen LogP contribution is 2.39. The first-order valence-corrected chi connectivity index (χ1v) is 15.5. The molecule has 0 saturated carbocycles. The highest BCUT2D eigenvalue weighted by molar-refractivity contribution is 8.77. The third-order valence-corrected chi connectivity index (χ3v) is 9.26. The van der Waals surface area contributed by atoms with Crippen molar-refractivity contribution in [2.45, 2.75) is 102 Å². The van der Waals surface area contributed by atoms with Crippen molar-refractivity contribution in [1.82, 2.24) is 9.97 Å². The van der Waals surface area contributed by atoms with Gasteiger partial charge < -0.3 is 4.74 Å². The lowest BCUT2D eigenvalue weighted by Crippen LogP contribution is -2.08. The first-order chi connectivity index (χ1) is 16.7. The number of ether oxygens (including phenoxy) is 1. The van der Waals surface area contributed by atoms with Crippen molar-refractivity contribution in [2.75, 3.05) is 5.75 Å². The molecule has 1 aliphatic heterocycles. The molecule has 0 N–H and O–H groups in total. The number of esters is 1. The van der Waals surface area contributed by atoms with E-state index in [2.05, 4.69) is 16.9 Å². The fourth-order valence-corrected chi connectivity index (χ4v) is 7.18. The van der Waals surface area contributed by atoms with E-state index in [9.17, 15) is 4.79 Å². The van der Waals surface area contributed by atoms with E-state index in [1.54, 1.807) is 0 Å². The Hall–Kier alpha value is -1.53. The maximum atomic E-state index is 12.1. The van der Waals surface area contributed by atoms with Crippen molar-refractivity contribution >= 4 is 27.6 Å². The summed E-state index contributed by atoms with van der Waals surface area (Å²) in [5.41, 5.74) is 2.14. The van der Waals surface area contributed by atoms with Crippen LogP contribution in [0.4, 0.5) is 0 Å². The maximum absolute atomic E-state index is 12.1. The van der Waals surface area contributed by atoms with Crippen molar-refractivity contribution in [3.8, 4) is 17.1 Å². The Balaban J connectivity index is 1.32. The Bertz CT molecular complexity index is 821. The van der Waals surface area contributed by atoms with Crippen molar-refractivity contribution in [3.63, 3.8) is 0 Å². The Kier molecular flexibility index (Phi) is 12.9. The molecule has 34 heavy (non-hydrogen) atoms. The number of hydrogen-bond donors (Lipinski definition) is 0. The Morgan fingerprint density at radius 2 is 1.65 bits per heavy atom. The molecule has 1 fully saturated rings. The van der Waals surface area contributed by atoms with Gasteiger partial charge in [-0.1, -0.05) is 79.9 Å². The predicted molar refractivity (Wildman–Crippen MR) is 146 cm³/mol. The average molecular weight is 501 g/mol. The van der Waals surface area contributed by atoms with E-state index in [1.807, 2.05) is 58.2 Å². The minimum atomic E-state index is -0.150. The van der Waals surface area contributed by atoms with Crippen LogP contribution in [0.2, 0.25) is 0 Å². The first kappa shape index (κ1) is 27.1. The zero-order valence-electron chi connectivity index (χ0n) is 20.7. The second-order valence-electron chi connectivity index (χ2n) is 9.21. The van der Waals surface area contributed by atoms with Crippen LogP contribution in [0, 0.1) is 0 Å². The summed E-state index contributed by atoms with van der Waals surface area (Å²) in [6.45, 7) is 2.26. The fraction of sp³-hybridized carbons (Fsp3) is 0.607. The van der Waals surface area contributed by atoms with Gasteiger partial charge in [0.25, 0.3) is 0 Å². The van der Waals surface area contributed by atoms with Crippen molar-refractivity contribution < 1.29 is 9.53 Å². The minimum absolute atomic E-state index is 0.150. The summed E-state index contributed by atoms with van der Waals surface area (Å²) in [6, 6.07) is 7.51. The largest absolute Gasteiger partial charge is 0.427 e. The lowest BCUT2D eigenvalue weighted by Gasteiger charge is -2.08. The first-order valence-electron chi connectivity index (χ1n) is 13.1. The standard InChI is InChI=1S/C28H40N2O2S2/c1-2-3-4-5-6-7-8-9-12-23-21-29-28(30-22-23)24-15-17-25(18-16-24)32-27(31)14-11-10-13-26-19-20-33-34-26/h15-18,21-22,26H,2-14,19-20H2,1H3. The summed E-state index contributed by atoms with van der Waals surface area (Å²) >= 11 is 0. The summed E-state index contributed by atoms with van der Waals surface area (Å²) in [7, 11) is 3.97. The third kappa shape index (κ3) is 10.4. The molecule has 3 rings (SSSR count). The van der Waals surface area contributed by atoms with Crippen LogP contribution < -0.4 is 4.74 Å². The SMILES string of the molecule is CCCCCCCCCCc1cnc(-c2ccc(OC(=O)CCCCC3CCSS3)cc2)nc1. The fourth-order valence-electron chi connectivity index (χ4n) is 4.16. The number of aromatic nitrogens is 2. The minimum Gasteiger partial charge on any atom is -0.427 e. The van der Waals surface area contributed by atoms with Crippen LogP contribution >= 0.6 is 21.6 Å². The molecular formula is C28H40N2O2S2. The normalized spacial score (nSPS) is 15.5. The van der Waals surface area contributed by atoms with Gasteiger partial charge in [0.2, 0.25) is 0 Å². The second-order valence-corrected chi connectivity index (χ2v) is 12.0. The Morgan fingerprint density at radius 3 is 2.32 bits per heavy atom. The lowest BCUT2D eigenvalue weighted by molar-refractivity contribution is -0.134. The molecule has 2 heterocycles. The summed E-state index contributed by atoms with van der Waals surface area (Å²) in [6.07, 6.45) is 20.5. The number of aryl methyl sites for hydroxylation is 1. The van der Waals surface area contributed by atoms with Gasteiger partial charge in [-0.15, -0.1) is 0 Å². The van der Waals surface area contributed by atoms with E-state index in [4.69, 9.17) is 4.74 Å². The van der Waals surface area contributed by atoms with E-state index in [1.165, 1.54) is 75.5 Å². The number of benzene rings is 1. The number of unbranched alkanes of at least 4 members (excludes halogenated alkanes) is 8. The van der Waals surface area contributed by atoms with Gasteiger partial charge >= 0.3 is 5.97 Å². The molecule has 2 aromatic rings. The average Bonchev–Trinajstić information content (AvgIpc) is 3.38. The zero-order valence-corrected chi connectivity index (χ0v) is 22.3. The lowest BCUT2D eigenvalue weighted by atomic mass is 10.1. The van der Waals surface area contributed by atoms with Crippen LogP contribution in [0.5, 0.6) is 5.75 Å². The Morgan fingerprint density at radius 1 is 0.941 bits per heavy atom. The molecule has 0 spiro atoms. The predicted octanol–water partition coefficient (Wildman–Crippen LogP) is 8.45. The van der Waals surface area contributed by atoms with Crippen molar-refractivity contribution in [3.05, 3.63) is 42.2 Å². The molecule has 1 atom stereocenters. The summed E-state index contributed by atoms with van der Waals surface area (Å²) in [5, 5.41) is 0.773. The van der Waals surface area contributed by atoms with Gasteiger partial charge in [-0.05, 0) is 61.9 Å². The van der Waals surface area contributed by atoms with Crippen LogP contribution in [-0.2, 0) is 11.2 Å². The summed E-state index contributed by atoms with van der Waals surface area (Å²) < 4.78 is 5.50. The molecule has 1 aliphatic rings. The molecule has 186 valence electrons. The van der Waals surface area contributed by atoms with E-state index in [-0.39, 0.29) is 5.97 Å². The molecule has 6 heteroatoms. The topological polar surface area (TPSA) is 52.1 Å². The molecule has 4 nitrogen and oxygen atoms in total.